The first-order valence-corrected chi connectivity index (χ1v) is 7.48. The average Bonchev–Trinajstić information content (AvgIpc) is 2.37. The Balaban J connectivity index is 1.77. The van der Waals surface area contributed by atoms with E-state index in [9.17, 15) is 9.59 Å². The van der Waals surface area contributed by atoms with E-state index in [1.807, 2.05) is 13.8 Å². The van der Waals surface area contributed by atoms with Crippen LogP contribution in [0.1, 0.15) is 39.5 Å². The van der Waals surface area contributed by atoms with Gasteiger partial charge in [0.15, 0.2) is 0 Å². The molecule has 1 aliphatic heterocycles. The number of ether oxygens (including phenoxy) is 1. The molecule has 2 rings (SSSR count). The molecular weight excluding hydrogens is 256 g/mol. The molecule has 2 fully saturated rings. The number of amides is 1. The molecule has 112 valence electrons. The summed E-state index contributed by atoms with van der Waals surface area (Å²) in [4.78, 5) is 23.7. The smallest absolute Gasteiger partial charge is 0.308 e. The fourth-order valence-corrected chi connectivity index (χ4v) is 2.70. The molecule has 2 aliphatic rings. The summed E-state index contributed by atoms with van der Waals surface area (Å²) in [6.45, 7) is 5.81. The van der Waals surface area contributed by atoms with Crippen molar-refractivity contribution in [3.63, 3.8) is 0 Å². The molecule has 0 spiro atoms. The number of carbonyl (C=O) groups excluding carboxylic acids is 2. The van der Waals surface area contributed by atoms with E-state index in [1.54, 1.807) is 0 Å². The Morgan fingerprint density at radius 3 is 2.40 bits per heavy atom. The van der Waals surface area contributed by atoms with Crippen LogP contribution in [0.25, 0.3) is 0 Å². The van der Waals surface area contributed by atoms with Crippen LogP contribution in [-0.4, -0.2) is 37.6 Å². The van der Waals surface area contributed by atoms with Gasteiger partial charge in [0.25, 0.3) is 0 Å². The van der Waals surface area contributed by atoms with Crippen molar-refractivity contribution in [3.05, 3.63) is 11.1 Å². The number of esters is 1. The Morgan fingerprint density at radius 1 is 1.25 bits per heavy atom. The zero-order valence-electron chi connectivity index (χ0n) is 12.3. The number of hydrogen-bond acceptors (Lipinski definition) is 4. The predicted molar refractivity (Wildman–Crippen MR) is 76.1 cm³/mol. The topological polar surface area (TPSA) is 67.4 Å². The van der Waals surface area contributed by atoms with Crippen molar-refractivity contribution in [3.8, 4) is 0 Å². The van der Waals surface area contributed by atoms with Crippen LogP contribution in [0.5, 0.6) is 0 Å². The van der Waals surface area contributed by atoms with E-state index in [0.717, 1.165) is 44.3 Å². The summed E-state index contributed by atoms with van der Waals surface area (Å²) in [5.74, 6) is -0.0319. The molecule has 0 unspecified atom stereocenters. The van der Waals surface area contributed by atoms with Crippen LogP contribution < -0.4 is 10.6 Å². The minimum absolute atomic E-state index is 0.0124. The van der Waals surface area contributed by atoms with Crippen LogP contribution in [0.15, 0.2) is 11.1 Å². The average molecular weight is 280 g/mol. The maximum atomic E-state index is 12.1. The first kappa shape index (κ1) is 15.0. The van der Waals surface area contributed by atoms with Crippen LogP contribution in [-0.2, 0) is 14.3 Å². The zero-order chi connectivity index (χ0) is 14.5. The Bertz CT molecular complexity index is 403. The molecule has 0 radical (unpaired) electrons. The van der Waals surface area contributed by atoms with Crippen molar-refractivity contribution >= 4 is 11.9 Å². The number of hydrogen-bond donors (Lipinski definition) is 2. The molecule has 0 aromatic rings. The van der Waals surface area contributed by atoms with Crippen molar-refractivity contribution in [1.29, 1.82) is 0 Å². The summed E-state index contributed by atoms with van der Waals surface area (Å²) in [6.07, 6.45) is 3.33. The van der Waals surface area contributed by atoms with Crippen LogP contribution in [0, 0.1) is 5.92 Å². The molecular formula is C15H24N2O3. The molecule has 1 aliphatic carbocycles. The second-order valence-electron chi connectivity index (χ2n) is 5.61. The van der Waals surface area contributed by atoms with Crippen LogP contribution in [0.3, 0.4) is 0 Å². The lowest BCUT2D eigenvalue weighted by molar-refractivity contribution is -0.149. The summed E-state index contributed by atoms with van der Waals surface area (Å²) in [7, 11) is 0. The molecule has 5 nitrogen and oxygen atoms in total. The van der Waals surface area contributed by atoms with E-state index < -0.39 is 0 Å². The van der Waals surface area contributed by atoms with Gasteiger partial charge in [0.2, 0.25) is 5.91 Å². The van der Waals surface area contributed by atoms with Crippen molar-refractivity contribution in [2.75, 3.05) is 19.7 Å². The van der Waals surface area contributed by atoms with E-state index in [0.29, 0.717) is 6.61 Å². The molecule has 0 aromatic heterocycles. The van der Waals surface area contributed by atoms with Gasteiger partial charge in [-0.15, -0.1) is 0 Å². The highest BCUT2D eigenvalue weighted by Crippen LogP contribution is 2.25. The van der Waals surface area contributed by atoms with Crippen molar-refractivity contribution < 1.29 is 14.3 Å². The molecule has 5 heteroatoms. The van der Waals surface area contributed by atoms with Crippen LogP contribution in [0.2, 0.25) is 0 Å². The van der Waals surface area contributed by atoms with Crippen LogP contribution in [0.4, 0.5) is 0 Å². The molecule has 1 saturated carbocycles. The Hall–Kier alpha value is -1.36. The van der Waals surface area contributed by atoms with Gasteiger partial charge < -0.3 is 15.4 Å². The highest BCUT2D eigenvalue weighted by Gasteiger charge is 2.28. The van der Waals surface area contributed by atoms with Gasteiger partial charge >= 0.3 is 5.97 Å². The number of rotatable bonds is 4. The summed E-state index contributed by atoms with van der Waals surface area (Å²) in [5.41, 5.74) is 2.04. The maximum Gasteiger partial charge on any atom is 0.308 e. The summed E-state index contributed by atoms with van der Waals surface area (Å²) < 4.78 is 5.05. The van der Waals surface area contributed by atoms with E-state index in [2.05, 4.69) is 10.6 Å². The van der Waals surface area contributed by atoms with Gasteiger partial charge in [-0.3, -0.25) is 9.59 Å². The lowest BCUT2D eigenvalue weighted by atomic mass is 9.86. The fraction of sp³-hybridized carbons (Fsp3) is 0.733. The maximum absolute atomic E-state index is 12.1. The van der Waals surface area contributed by atoms with Crippen molar-refractivity contribution in [1.82, 2.24) is 10.6 Å². The monoisotopic (exact) mass is 280 g/mol. The molecule has 2 N–H and O–H groups in total. The van der Waals surface area contributed by atoms with Crippen molar-refractivity contribution in [2.24, 2.45) is 5.92 Å². The molecule has 0 atom stereocenters. The third-order valence-corrected chi connectivity index (χ3v) is 4.23. The summed E-state index contributed by atoms with van der Waals surface area (Å²) in [6, 6.07) is 0.191. The number of carbonyl (C=O) groups is 2. The second kappa shape index (κ2) is 6.88. The van der Waals surface area contributed by atoms with Gasteiger partial charge in [-0.05, 0) is 45.1 Å². The lowest BCUT2D eigenvalue weighted by Crippen LogP contribution is -2.42. The van der Waals surface area contributed by atoms with Gasteiger partial charge in [-0.2, -0.15) is 0 Å². The van der Waals surface area contributed by atoms with Gasteiger partial charge in [0.1, 0.15) is 0 Å². The molecule has 1 heterocycles. The summed E-state index contributed by atoms with van der Waals surface area (Å²) >= 11 is 0. The summed E-state index contributed by atoms with van der Waals surface area (Å²) in [5, 5.41) is 6.22. The minimum atomic E-state index is -0.0869. The van der Waals surface area contributed by atoms with Gasteiger partial charge in [0, 0.05) is 24.7 Å². The van der Waals surface area contributed by atoms with E-state index in [-0.39, 0.29) is 23.8 Å². The van der Waals surface area contributed by atoms with Crippen molar-refractivity contribution in [2.45, 2.75) is 45.6 Å². The highest BCUT2D eigenvalue weighted by molar-refractivity contribution is 5.94. The van der Waals surface area contributed by atoms with Gasteiger partial charge in [-0.1, -0.05) is 0 Å². The Labute approximate surface area is 120 Å². The fourth-order valence-electron chi connectivity index (χ4n) is 2.70. The second-order valence-corrected chi connectivity index (χ2v) is 5.61. The highest BCUT2D eigenvalue weighted by atomic mass is 16.5. The zero-order valence-corrected chi connectivity index (χ0v) is 12.3. The molecule has 0 aromatic carbocycles. The quantitative estimate of drug-likeness (QED) is 0.599. The van der Waals surface area contributed by atoms with Gasteiger partial charge in [-0.25, -0.2) is 0 Å². The van der Waals surface area contributed by atoms with E-state index in [4.69, 9.17) is 4.74 Å². The standard InChI is InChI=1S/C15H24N2O3/c1-3-20-15(19)11-4-6-13(7-5-11)17-14(18)10(2)12-8-16-9-12/h11,13,16H,3-9H2,1-2H3,(H,17,18). The lowest BCUT2D eigenvalue weighted by Gasteiger charge is -2.29. The first-order valence-electron chi connectivity index (χ1n) is 7.48. The largest absolute Gasteiger partial charge is 0.466 e. The Morgan fingerprint density at radius 2 is 1.90 bits per heavy atom. The predicted octanol–water partition coefficient (Wildman–Crippen LogP) is 1.14. The van der Waals surface area contributed by atoms with Crippen LogP contribution >= 0.6 is 0 Å². The Kier molecular flexibility index (Phi) is 5.17. The molecule has 1 saturated heterocycles. The molecule has 0 bridgehead atoms. The number of nitrogens with one attached hydrogen (secondary N) is 2. The molecule has 20 heavy (non-hydrogen) atoms. The third kappa shape index (κ3) is 3.60. The first-order chi connectivity index (χ1) is 9.61. The van der Waals surface area contributed by atoms with Gasteiger partial charge in [0.05, 0.1) is 12.5 Å². The third-order valence-electron chi connectivity index (χ3n) is 4.23. The van der Waals surface area contributed by atoms with E-state index in [1.165, 1.54) is 5.57 Å². The molecule has 1 amide bonds. The van der Waals surface area contributed by atoms with E-state index >= 15 is 0 Å². The minimum Gasteiger partial charge on any atom is -0.466 e. The normalized spacial score (nSPS) is 25.6. The SMILES string of the molecule is CCOC(=O)C1CCC(NC(=O)C(C)=C2CNC2)CC1.